The molecular formula is C20H15FN4O4. The van der Waals surface area contributed by atoms with Crippen molar-refractivity contribution in [1.82, 2.24) is 14.8 Å². The van der Waals surface area contributed by atoms with E-state index in [0.717, 1.165) is 6.39 Å². The molecule has 3 heterocycles. The second-order valence-corrected chi connectivity index (χ2v) is 6.24. The van der Waals surface area contributed by atoms with Gasteiger partial charge in [0.1, 0.15) is 11.6 Å². The van der Waals surface area contributed by atoms with E-state index in [-0.39, 0.29) is 23.0 Å². The van der Waals surface area contributed by atoms with Crippen LogP contribution < -0.4 is 5.32 Å². The Labute approximate surface area is 164 Å². The molecule has 0 radical (unpaired) electrons. The molecule has 0 atom stereocenters. The van der Waals surface area contributed by atoms with Crippen molar-refractivity contribution in [3.8, 4) is 11.3 Å². The van der Waals surface area contributed by atoms with Crippen LogP contribution in [-0.4, -0.2) is 26.5 Å². The molecule has 0 unspecified atom stereocenters. The molecule has 0 aliphatic carbocycles. The first-order valence-electron chi connectivity index (χ1n) is 8.62. The van der Waals surface area contributed by atoms with Crippen LogP contribution in [0.25, 0.3) is 11.3 Å². The van der Waals surface area contributed by atoms with Crippen molar-refractivity contribution in [3.05, 3.63) is 78.2 Å². The van der Waals surface area contributed by atoms with Crippen LogP contribution in [0.3, 0.4) is 0 Å². The molecule has 0 fully saturated rings. The number of halogens is 1. The second kappa shape index (κ2) is 7.55. The lowest BCUT2D eigenvalue weighted by Gasteiger charge is -2.02. The number of anilines is 1. The summed E-state index contributed by atoms with van der Waals surface area (Å²) in [4.78, 5) is 27.8. The number of ketones is 1. The van der Waals surface area contributed by atoms with Gasteiger partial charge in [-0.15, -0.1) is 0 Å². The SMILES string of the molecule is CC(=O)c1ccc(Cn2cc(NC(=O)c3ncoc3-c3cccc(F)c3)cn2)o1. The topological polar surface area (TPSA) is 103 Å². The summed E-state index contributed by atoms with van der Waals surface area (Å²) in [7, 11) is 0. The molecule has 3 aromatic heterocycles. The molecular weight excluding hydrogens is 379 g/mol. The maximum atomic E-state index is 13.5. The van der Waals surface area contributed by atoms with E-state index in [9.17, 15) is 14.0 Å². The Kier molecular flexibility index (Phi) is 4.78. The first-order chi connectivity index (χ1) is 14.0. The van der Waals surface area contributed by atoms with E-state index in [2.05, 4.69) is 15.4 Å². The number of aromatic nitrogens is 3. The van der Waals surface area contributed by atoms with Crippen LogP contribution in [0.5, 0.6) is 0 Å². The maximum absolute atomic E-state index is 13.5. The molecule has 1 N–H and O–H groups in total. The van der Waals surface area contributed by atoms with E-state index >= 15 is 0 Å². The lowest BCUT2D eigenvalue weighted by molar-refractivity contribution is 0.0983. The van der Waals surface area contributed by atoms with Crippen molar-refractivity contribution >= 4 is 17.4 Å². The van der Waals surface area contributed by atoms with Crippen LogP contribution in [0.4, 0.5) is 10.1 Å². The maximum Gasteiger partial charge on any atom is 0.278 e. The van der Waals surface area contributed by atoms with Crippen molar-refractivity contribution in [2.75, 3.05) is 5.32 Å². The minimum absolute atomic E-state index is 0.0282. The summed E-state index contributed by atoms with van der Waals surface area (Å²) in [5.41, 5.74) is 0.865. The quantitative estimate of drug-likeness (QED) is 0.499. The van der Waals surface area contributed by atoms with E-state index < -0.39 is 11.7 Å². The number of rotatable bonds is 6. The molecule has 0 aliphatic heterocycles. The Hall–Kier alpha value is -4.01. The number of Topliss-reactive ketones (excluding diaryl/α,β-unsaturated/α-hetero) is 1. The lowest BCUT2D eigenvalue weighted by atomic mass is 10.1. The number of hydrogen-bond acceptors (Lipinski definition) is 6. The van der Waals surface area contributed by atoms with Gasteiger partial charge in [0.15, 0.2) is 29.4 Å². The van der Waals surface area contributed by atoms with Gasteiger partial charge in [0.05, 0.1) is 18.4 Å². The Bertz CT molecular complexity index is 1190. The highest BCUT2D eigenvalue weighted by molar-refractivity contribution is 6.06. The van der Waals surface area contributed by atoms with Crippen LogP contribution in [0.15, 0.2) is 64.0 Å². The molecule has 4 rings (SSSR count). The van der Waals surface area contributed by atoms with Crippen LogP contribution in [0, 0.1) is 5.82 Å². The second-order valence-electron chi connectivity index (χ2n) is 6.24. The number of amides is 1. The number of nitrogens with one attached hydrogen (secondary N) is 1. The van der Waals surface area contributed by atoms with Gasteiger partial charge in [0.2, 0.25) is 0 Å². The molecule has 0 spiro atoms. The first kappa shape index (κ1) is 18.4. The minimum atomic E-state index is -0.519. The summed E-state index contributed by atoms with van der Waals surface area (Å²) in [5.74, 6) is -0.127. The zero-order valence-corrected chi connectivity index (χ0v) is 15.3. The number of furan rings is 1. The average Bonchev–Trinajstić information content (AvgIpc) is 3.42. The van der Waals surface area contributed by atoms with E-state index in [1.807, 2.05) is 0 Å². The van der Waals surface area contributed by atoms with Crippen molar-refractivity contribution in [3.63, 3.8) is 0 Å². The highest BCUT2D eigenvalue weighted by atomic mass is 19.1. The van der Waals surface area contributed by atoms with Crippen LogP contribution in [0.2, 0.25) is 0 Å². The number of nitrogens with zero attached hydrogens (tertiary/aromatic N) is 3. The van der Waals surface area contributed by atoms with Gasteiger partial charge >= 0.3 is 0 Å². The van der Waals surface area contributed by atoms with Gasteiger partial charge in [-0.05, 0) is 24.3 Å². The van der Waals surface area contributed by atoms with Gasteiger partial charge in [-0.1, -0.05) is 12.1 Å². The van der Waals surface area contributed by atoms with Gasteiger partial charge in [-0.25, -0.2) is 9.37 Å². The first-order valence-corrected chi connectivity index (χ1v) is 8.62. The molecule has 0 saturated carbocycles. The third kappa shape index (κ3) is 3.98. The van der Waals surface area contributed by atoms with Gasteiger partial charge in [0, 0.05) is 18.7 Å². The smallest absolute Gasteiger partial charge is 0.278 e. The Morgan fingerprint density at radius 3 is 2.86 bits per heavy atom. The summed E-state index contributed by atoms with van der Waals surface area (Å²) >= 11 is 0. The van der Waals surface area contributed by atoms with Gasteiger partial charge in [-0.2, -0.15) is 5.10 Å². The van der Waals surface area contributed by atoms with Gasteiger partial charge in [0.25, 0.3) is 5.91 Å². The molecule has 9 heteroatoms. The molecule has 29 heavy (non-hydrogen) atoms. The average molecular weight is 394 g/mol. The normalized spacial score (nSPS) is 10.8. The van der Waals surface area contributed by atoms with Crippen molar-refractivity contribution in [2.24, 2.45) is 0 Å². The molecule has 1 amide bonds. The Morgan fingerprint density at radius 2 is 2.10 bits per heavy atom. The summed E-state index contributed by atoms with van der Waals surface area (Å²) in [6, 6.07) is 8.99. The molecule has 4 aromatic rings. The van der Waals surface area contributed by atoms with E-state index in [1.54, 1.807) is 29.1 Å². The standard InChI is InChI=1S/C20H15FN4O4/c1-12(26)17-6-5-16(29-17)10-25-9-15(8-23-25)24-20(27)18-19(28-11-22-18)13-3-2-4-14(21)7-13/h2-9,11H,10H2,1H3,(H,24,27). The molecule has 0 aliphatic rings. The third-order valence-corrected chi connectivity index (χ3v) is 4.09. The molecule has 8 nitrogen and oxygen atoms in total. The van der Waals surface area contributed by atoms with Crippen LogP contribution in [-0.2, 0) is 6.54 Å². The van der Waals surface area contributed by atoms with E-state index in [1.165, 1.54) is 31.3 Å². The number of oxazole rings is 1. The van der Waals surface area contributed by atoms with Crippen molar-refractivity contribution < 1.29 is 22.8 Å². The fourth-order valence-electron chi connectivity index (χ4n) is 2.76. The van der Waals surface area contributed by atoms with Gasteiger partial charge < -0.3 is 14.2 Å². The third-order valence-electron chi connectivity index (χ3n) is 4.09. The molecule has 1 aromatic carbocycles. The number of carbonyl (C=O) groups is 2. The zero-order valence-electron chi connectivity index (χ0n) is 15.3. The molecule has 0 saturated heterocycles. The van der Waals surface area contributed by atoms with Gasteiger partial charge in [-0.3, -0.25) is 14.3 Å². The number of benzene rings is 1. The van der Waals surface area contributed by atoms with E-state index in [0.29, 0.717) is 23.6 Å². The summed E-state index contributed by atoms with van der Waals surface area (Å²) in [6.45, 7) is 1.72. The highest BCUT2D eigenvalue weighted by Gasteiger charge is 2.19. The fourth-order valence-corrected chi connectivity index (χ4v) is 2.76. The molecule has 146 valence electrons. The van der Waals surface area contributed by atoms with Crippen molar-refractivity contribution in [1.29, 1.82) is 0 Å². The van der Waals surface area contributed by atoms with E-state index in [4.69, 9.17) is 8.83 Å². The van der Waals surface area contributed by atoms with Crippen molar-refractivity contribution in [2.45, 2.75) is 13.5 Å². The Morgan fingerprint density at radius 1 is 1.24 bits per heavy atom. The summed E-state index contributed by atoms with van der Waals surface area (Å²) in [6.07, 6.45) is 4.20. The highest BCUT2D eigenvalue weighted by Crippen LogP contribution is 2.24. The number of carbonyl (C=O) groups excluding carboxylic acids is 2. The predicted molar refractivity (Wildman–Crippen MR) is 99.9 cm³/mol. The zero-order chi connectivity index (χ0) is 20.4. The van der Waals surface area contributed by atoms with Crippen LogP contribution >= 0.6 is 0 Å². The number of hydrogen-bond donors (Lipinski definition) is 1. The largest absolute Gasteiger partial charge is 0.456 e. The summed E-state index contributed by atoms with van der Waals surface area (Å²) < 4.78 is 25.7. The lowest BCUT2D eigenvalue weighted by Crippen LogP contribution is -2.13. The fraction of sp³-hybridized carbons (Fsp3) is 0.100. The monoisotopic (exact) mass is 394 g/mol. The minimum Gasteiger partial charge on any atom is -0.456 e. The Balaban J connectivity index is 1.47. The molecule has 0 bridgehead atoms. The van der Waals surface area contributed by atoms with Crippen LogP contribution in [0.1, 0.15) is 33.7 Å². The predicted octanol–water partition coefficient (Wildman–Crippen LogP) is 3.77. The summed E-state index contributed by atoms with van der Waals surface area (Å²) in [5, 5.41) is 6.83.